The van der Waals surface area contributed by atoms with E-state index in [0.717, 1.165) is 5.56 Å². The average molecular weight is 423 g/mol. The van der Waals surface area contributed by atoms with Crippen LogP contribution >= 0.6 is 23.2 Å². The number of anilines is 1. The Morgan fingerprint density at radius 1 is 1.00 bits per heavy atom. The fraction of sp³-hybridized carbons (Fsp3) is 0.0435. The predicted octanol–water partition coefficient (Wildman–Crippen LogP) is 6.12. The van der Waals surface area contributed by atoms with E-state index in [0.29, 0.717) is 33.7 Å². The van der Waals surface area contributed by atoms with Crippen molar-refractivity contribution < 1.29 is 9.53 Å². The highest BCUT2D eigenvalue weighted by Crippen LogP contribution is 2.26. The number of carbonyl (C=O) groups is 1. The maximum atomic E-state index is 12.5. The quantitative estimate of drug-likeness (QED) is 0.384. The highest BCUT2D eigenvalue weighted by Gasteiger charge is 2.12. The first kappa shape index (κ1) is 20.5. The van der Waals surface area contributed by atoms with Crippen LogP contribution in [0.3, 0.4) is 0 Å². The maximum absolute atomic E-state index is 12.5. The summed E-state index contributed by atoms with van der Waals surface area (Å²) in [4.78, 5) is 12.5. The summed E-state index contributed by atoms with van der Waals surface area (Å²) in [5, 5.41) is 12.8. The summed E-state index contributed by atoms with van der Waals surface area (Å²) in [7, 11) is 0. The SMILES string of the molecule is N#C/C(=C/c1ccccc1OCc1ccccc1)C(=O)Nc1ccc(Cl)c(Cl)c1. The van der Waals surface area contributed by atoms with Crippen LogP contribution in [-0.4, -0.2) is 5.91 Å². The molecule has 0 aromatic heterocycles. The fourth-order valence-electron chi connectivity index (χ4n) is 2.54. The number of nitrogens with one attached hydrogen (secondary N) is 1. The Hall–Kier alpha value is -3.26. The molecule has 4 nitrogen and oxygen atoms in total. The molecule has 0 heterocycles. The number of amides is 1. The lowest BCUT2D eigenvalue weighted by Gasteiger charge is -2.10. The lowest BCUT2D eigenvalue weighted by molar-refractivity contribution is -0.112. The first-order valence-corrected chi connectivity index (χ1v) is 9.46. The minimum absolute atomic E-state index is 0.0631. The van der Waals surface area contributed by atoms with Crippen molar-refractivity contribution in [2.75, 3.05) is 5.32 Å². The van der Waals surface area contributed by atoms with E-state index in [1.807, 2.05) is 48.5 Å². The van der Waals surface area contributed by atoms with E-state index in [1.54, 1.807) is 24.3 Å². The summed E-state index contributed by atoms with van der Waals surface area (Å²) in [5.41, 5.74) is 2.03. The molecule has 0 aliphatic carbocycles. The van der Waals surface area contributed by atoms with Gasteiger partial charge in [0, 0.05) is 11.3 Å². The molecule has 1 amide bonds. The number of rotatable bonds is 6. The van der Waals surface area contributed by atoms with Gasteiger partial charge < -0.3 is 10.1 Å². The molecule has 0 unspecified atom stereocenters. The number of ether oxygens (including phenoxy) is 1. The van der Waals surface area contributed by atoms with Gasteiger partial charge in [-0.15, -0.1) is 0 Å². The maximum Gasteiger partial charge on any atom is 0.266 e. The van der Waals surface area contributed by atoms with E-state index >= 15 is 0 Å². The van der Waals surface area contributed by atoms with Crippen molar-refractivity contribution in [1.82, 2.24) is 0 Å². The summed E-state index contributed by atoms with van der Waals surface area (Å²) >= 11 is 11.9. The van der Waals surface area contributed by atoms with E-state index in [-0.39, 0.29) is 5.57 Å². The Bertz CT molecular complexity index is 1090. The minimum Gasteiger partial charge on any atom is -0.488 e. The van der Waals surface area contributed by atoms with Crippen LogP contribution < -0.4 is 10.1 Å². The Kier molecular flexibility index (Phi) is 6.91. The third-order valence-electron chi connectivity index (χ3n) is 4.00. The molecule has 0 saturated heterocycles. The second-order valence-corrected chi connectivity index (χ2v) is 6.88. The van der Waals surface area contributed by atoms with Gasteiger partial charge in [0.1, 0.15) is 24.0 Å². The van der Waals surface area contributed by atoms with Gasteiger partial charge in [0.2, 0.25) is 0 Å². The van der Waals surface area contributed by atoms with Crippen LogP contribution in [0.25, 0.3) is 6.08 Å². The molecule has 1 N–H and O–H groups in total. The fourth-order valence-corrected chi connectivity index (χ4v) is 2.84. The average Bonchev–Trinajstić information content (AvgIpc) is 2.74. The van der Waals surface area contributed by atoms with Crippen molar-refractivity contribution in [1.29, 1.82) is 5.26 Å². The second kappa shape index (κ2) is 9.79. The summed E-state index contributed by atoms with van der Waals surface area (Å²) in [6.45, 7) is 0.378. The number of para-hydroxylation sites is 1. The van der Waals surface area contributed by atoms with Gasteiger partial charge in [-0.1, -0.05) is 71.7 Å². The number of nitrogens with zero attached hydrogens (tertiary/aromatic N) is 1. The van der Waals surface area contributed by atoms with Gasteiger partial charge in [-0.2, -0.15) is 5.26 Å². The Labute approximate surface area is 179 Å². The zero-order valence-electron chi connectivity index (χ0n) is 15.2. The molecule has 0 spiro atoms. The summed E-state index contributed by atoms with van der Waals surface area (Å²) in [6.07, 6.45) is 1.49. The number of benzene rings is 3. The van der Waals surface area contributed by atoms with Crippen molar-refractivity contribution in [3.8, 4) is 11.8 Å². The standard InChI is InChI=1S/C23H16Cl2N2O2/c24-20-11-10-19(13-21(20)25)27-23(28)18(14-26)12-17-8-4-5-9-22(17)29-15-16-6-2-1-3-7-16/h1-13H,15H2,(H,27,28)/b18-12-. The summed E-state index contributed by atoms with van der Waals surface area (Å²) < 4.78 is 5.88. The Balaban J connectivity index is 1.78. The molecule has 3 aromatic carbocycles. The molecule has 0 aliphatic rings. The Morgan fingerprint density at radius 3 is 2.45 bits per heavy atom. The van der Waals surface area contributed by atoms with Crippen molar-refractivity contribution in [2.24, 2.45) is 0 Å². The molecule has 6 heteroatoms. The molecule has 0 bridgehead atoms. The van der Waals surface area contributed by atoms with Crippen molar-refractivity contribution >= 4 is 40.9 Å². The van der Waals surface area contributed by atoms with Crippen LogP contribution in [-0.2, 0) is 11.4 Å². The predicted molar refractivity (Wildman–Crippen MR) is 116 cm³/mol. The monoisotopic (exact) mass is 422 g/mol. The molecule has 3 aromatic rings. The topological polar surface area (TPSA) is 62.1 Å². The van der Waals surface area contributed by atoms with Crippen LogP contribution in [0.4, 0.5) is 5.69 Å². The van der Waals surface area contributed by atoms with Gasteiger partial charge in [0.15, 0.2) is 0 Å². The zero-order chi connectivity index (χ0) is 20.6. The van der Waals surface area contributed by atoms with Gasteiger partial charge in [-0.25, -0.2) is 0 Å². The van der Waals surface area contributed by atoms with E-state index in [2.05, 4.69) is 5.32 Å². The summed E-state index contributed by atoms with van der Waals surface area (Å²) in [5.74, 6) is 0.0233. The molecule has 3 rings (SSSR count). The molecule has 0 radical (unpaired) electrons. The first-order valence-electron chi connectivity index (χ1n) is 8.71. The molecular formula is C23H16Cl2N2O2. The highest BCUT2D eigenvalue weighted by atomic mass is 35.5. The number of hydrogen-bond acceptors (Lipinski definition) is 3. The smallest absolute Gasteiger partial charge is 0.266 e. The number of carbonyl (C=O) groups excluding carboxylic acids is 1. The van der Waals surface area contributed by atoms with Gasteiger partial charge in [0.25, 0.3) is 5.91 Å². The van der Waals surface area contributed by atoms with Crippen LogP contribution in [0.5, 0.6) is 5.75 Å². The highest BCUT2D eigenvalue weighted by molar-refractivity contribution is 6.42. The minimum atomic E-state index is -0.552. The van der Waals surface area contributed by atoms with Crippen LogP contribution in [0.2, 0.25) is 10.0 Å². The van der Waals surface area contributed by atoms with E-state index in [1.165, 1.54) is 12.1 Å². The molecular weight excluding hydrogens is 407 g/mol. The molecule has 144 valence electrons. The van der Waals surface area contributed by atoms with Crippen LogP contribution in [0, 0.1) is 11.3 Å². The van der Waals surface area contributed by atoms with Crippen LogP contribution in [0.1, 0.15) is 11.1 Å². The molecule has 0 fully saturated rings. The lowest BCUT2D eigenvalue weighted by Crippen LogP contribution is -2.13. The number of hydrogen-bond donors (Lipinski definition) is 1. The van der Waals surface area contributed by atoms with E-state index < -0.39 is 5.91 Å². The zero-order valence-corrected chi connectivity index (χ0v) is 16.7. The molecule has 0 atom stereocenters. The van der Waals surface area contributed by atoms with Gasteiger partial charge >= 0.3 is 0 Å². The molecule has 29 heavy (non-hydrogen) atoms. The number of halogens is 2. The van der Waals surface area contributed by atoms with E-state index in [4.69, 9.17) is 27.9 Å². The first-order chi connectivity index (χ1) is 14.1. The van der Waals surface area contributed by atoms with Crippen molar-refractivity contribution in [3.63, 3.8) is 0 Å². The van der Waals surface area contributed by atoms with Gasteiger partial charge in [0.05, 0.1) is 10.0 Å². The van der Waals surface area contributed by atoms with Gasteiger partial charge in [-0.05, 0) is 35.9 Å². The third-order valence-corrected chi connectivity index (χ3v) is 4.74. The normalized spacial score (nSPS) is 10.9. The second-order valence-electron chi connectivity index (χ2n) is 6.06. The molecule has 0 aliphatic heterocycles. The third kappa shape index (κ3) is 5.61. The van der Waals surface area contributed by atoms with E-state index in [9.17, 15) is 10.1 Å². The summed E-state index contributed by atoms with van der Waals surface area (Å²) in [6, 6.07) is 23.6. The molecule has 0 saturated carbocycles. The largest absolute Gasteiger partial charge is 0.488 e. The Morgan fingerprint density at radius 2 is 1.72 bits per heavy atom. The number of nitriles is 1. The van der Waals surface area contributed by atoms with Crippen molar-refractivity contribution in [3.05, 3.63) is 99.5 Å². The van der Waals surface area contributed by atoms with Crippen molar-refractivity contribution in [2.45, 2.75) is 6.61 Å². The van der Waals surface area contributed by atoms with Gasteiger partial charge in [-0.3, -0.25) is 4.79 Å². The lowest BCUT2D eigenvalue weighted by atomic mass is 10.1. The van der Waals surface area contributed by atoms with Crippen LogP contribution in [0.15, 0.2) is 78.4 Å².